The number of hydrogen-bond donors (Lipinski definition) is 3. The number of aliphatic hydroxyl groups excluding tert-OH is 1. The molecule has 0 heterocycles. The van der Waals surface area contributed by atoms with Gasteiger partial charge in [-0.3, -0.25) is 4.79 Å². The molecule has 0 spiro atoms. The van der Waals surface area contributed by atoms with Gasteiger partial charge in [-0.25, -0.2) is 0 Å². The first kappa shape index (κ1) is 14.7. The van der Waals surface area contributed by atoms with Crippen LogP contribution in [-0.2, 0) is 6.42 Å². The van der Waals surface area contributed by atoms with Gasteiger partial charge in [0.2, 0.25) is 0 Å². The molecule has 0 radical (unpaired) electrons. The summed E-state index contributed by atoms with van der Waals surface area (Å²) < 4.78 is 0. The molecule has 0 aliphatic carbocycles. The number of carbonyl (C=O) groups excluding carboxylic acids is 1. The van der Waals surface area contributed by atoms with Gasteiger partial charge in [-0.2, -0.15) is 0 Å². The van der Waals surface area contributed by atoms with Crippen LogP contribution in [0.5, 0.6) is 0 Å². The molecular formula is C14H22N2O2. The minimum absolute atomic E-state index is 0.0531. The molecule has 4 N–H and O–H groups in total. The predicted molar refractivity (Wildman–Crippen MR) is 72.4 cm³/mol. The van der Waals surface area contributed by atoms with E-state index in [1.165, 1.54) is 0 Å². The van der Waals surface area contributed by atoms with Crippen LogP contribution < -0.4 is 11.1 Å². The van der Waals surface area contributed by atoms with Crippen LogP contribution >= 0.6 is 0 Å². The standard InChI is InChI=1S/C14H22N2O2/c1-10(2)13(9-17)16-14(18)12-6-4-3-5-11(12)7-8-15/h3-6,10,13,17H,7-9,15H2,1-2H3,(H,16,18). The van der Waals surface area contributed by atoms with Gasteiger partial charge in [0.25, 0.3) is 5.91 Å². The Kier molecular flexibility index (Phi) is 5.82. The maximum Gasteiger partial charge on any atom is 0.251 e. The van der Waals surface area contributed by atoms with Gasteiger partial charge in [-0.15, -0.1) is 0 Å². The Bertz CT molecular complexity index is 391. The molecule has 1 atom stereocenters. The summed E-state index contributed by atoms with van der Waals surface area (Å²) in [7, 11) is 0. The van der Waals surface area contributed by atoms with Crippen LogP contribution in [-0.4, -0.2) is 30.2 Å². The molecular weight excluding hydrogens is 228 g/mol. The lowest BCUT2D eigenvalue weighted by atomic mass is 10.0. The number of aliphatic hydroxyl groups is 1. The predicted octanol–water partition coefficient (Wildman–Crippen LogP) is 0.935. The first-order chi connectivity index (χ1) is 8.60. The van der Waals surface area contributed by atoms with Crippen molar-refractivity contribution in [3.05, 3.63) is 35.4 Å². The van der Waals surface area contributed by atoms with E-state index in [4.69, 9.17) is 5.73 Å². The lowest BCUT2D eigenvalue weighted by Gasteiger charge is -2.20. The van der Waals surface area contributed by atoms with Crippen LogP contribution in [0.1, 0.15) is 29.8 Å². The van der Waals surface area contributed by atoms with Crippen molar-refractivity contribution in [2.75, 3.05) is 13.2 Å². The zero-order valence-corrected chi connectivity index (χ0v) is 11.0. The number of nitrogens with one attached hydrogen (secondary N) is 1. The van der Waals surface area contributed by atoms with Crippen LogP contribution in [0.3, 0.4) is 0 Å². The Balaban J connectivity index is 2.83. The summed E-state index contributed by atoms with van der Waals surface area (Å²) in [5.41, 5.74) is 7.12. The van der Waals surface area contributed by atoms with Crippen molar-refractivity contribution in [1.29, 1.82) is 0 Å². The highest BCUT2D eigenvalue weighted by Gasteiger charge is 2.17. The Morgan fingerprint density at radius 1 is 1.39 bits per heavy atom. The van der Waals surface area contributed by atoms with Gasteiger partial charge in [0.15, 0.2) is 0 Å². The van der Waals surface area contributed by atoms with Crippen molar-refractivity contribution in [2.24, 2.45) is 11.7 Å². The van der Waals surface area contributed by atoms with Gasteiger partial charge in [0, 0.05) is 5.56 Å². The van der Waals surface area contributed by atoms with Gasteiger partial charge < -0.3 is 16.2 Å². The molecule has 1 rings (SSSR count). The van der Waals surface area contributed by atoms with Gasteiger partial charge >= 0.3 is 0 Å². The largest absolute Gasteiger partial charge is 0.394 e. The molecule has 1 amide bonds. The third-order valence-electron chi connectivity index (χ3n) is 2.99. The van der Waals surface area contributed by atoms with Crippen molar-refractivity contribution >= 4 is 5.91 Å². The van der Waals surface area contributed by atoms with Crippen molar-refractivity contribution in [3.63, 3.8) is 0 Å². The Morgan fingerprint density at radius 3 is 2.61 bits per heavy atom. The summed E-state index contributed by atoms with van der Waals surface area (Å²) in [5, 5.41) is 12.1. The zero-order valence-electron chi connectivity index (χ0n) is 11.0. The smallest absolute Gasteiger partial charge is 0.251 e. The summed E-state index contributed by atoms with van der Waals surface area (Å²) in [6.07, 6.45) is 0.676. The number of benzene rings is 1. The lowest BCUT2D eigenvalue weighted by Crippen LogP contribution is -2.41. The molecule has 0 saturated carbocycles. The maximum atomic E-state index is 12.2. The molecule has 0 fully saturated rings. The molecule has 4 nitrogen and oxygen atoms in total. The van der Waals surface area contributed by atoms with Gasteiger partial charge in [-0.05, 0) is 30.5 Å². The van der Waals surface area contributed by atoms with E-state index in [1.54, 1.807) is 6.07 Å². The van der Waals surface area contributed by atoms with Crippen LogP contribution in [0.4, 0.5) is 0 Å². The topological polar surface area (TPSA) is 75.3 Å². The molecule has 100 valence electrons. The second kappa shape index (κ2) is 7.13. The minimum Gasteiger partial charge on any atom is -0.394 e. The molecule has 0 saturated heterocycles. The summed E-state index contributed by atoms with van der Waals surface area (Å²) in [6.45, 7) is 4.39. The fourth-order valence-corrected chi connectivity index (χ4v) is 1.78. The van der Waals surface area contributed by atoms with Crippen molar-refractivity contribution < 1.29 is 9.90 Å². The maximum absolute atomic E-state index is 12.2. The lowest BCUT2D eigenvalue weighted by molar-refractivity contribution is 0.0896. The fraction of sp³-hybridized carbons (Fsp3) is 0.500. The van der Waals surface area contributed by atoms with E-state index < -0.39 is 0 Å². The van der Waals surface area contributed by atoms with Gasteiger partial charge in [-0.1, -0.05) is 32.0 Å². The molecule has 1 aromatic rings. The third kappa shape index (κ3) is 3.82. The Morgan fingerprint density at radius 2 is 2.06 bits per heavy atom. The quantitative estimate of drug-likeness (QED) is 0.703. The van der Waals surface area contributed by atoms with E-state index in [9.17, 15) is 9.90 Å². The first-order valence-corrected chi connectivity index (χ1v) is 6.29. The van der Waals surface area contributed by atoms with Gasteiger partial charge in [0.05, 0.1) is 12.6 Å². The number of rotatable bonds is 6. The van der Waals surface area contributed by atoms with E-state index in [2.05, 4.69) is 5.32 Å². The van der Waals surface area contributed by atoms with Crippen LogP contribution in [0, 0.1) is 5.92 Å². The first-order valence-electron chi connectivity index (χ1n) is 6.29. The molecule has 0 aliphatic heterocycles. The number of nitrogens with two attached hydrogens (primary N) is 1. The molecule has 0 aliphatic rings. The third-order valence-corrected chi connectivity index (χ3v) is 2.99. The summed E-state index contributed by atoms with van der Waals surface area (Å²) >= 11 is 0. The molecule has 0 aromatic heterocycles. The van der Waals surface area contributed by atoms with E-state index in [0.717, 1.165) is 5.56 Å². The van der Waals surface area contributed by atoms with Crippen molar-refractivity contribution in [3.8, 4) is 0 Å². The molecule has 0 bridgehead atoms. The van der Waals surface area contributed by atoms with E-state index in [0.29, 0.717) is 18.5 Å². The van der Waals surface area contributed by atoms with E-state index in [-0.39, 0.29) is 24.5 Å². The summed E-state index contributed by atoms with van der Waals surface area (Å²) in [5.74, 6) is 0.0485. The fourth-order valence-electron chi connectivity index (χ4n) is 1.78. The normalized spacial score (nSPS) is 12.5. The molecule has 1 aromatic carbocycles. The summed E-state index contributed by atoms with van der Waals surface area (Å²) in [6, 6.07) is 7.20. The van der Waals surface area contributed by atoms with E-state index in [1.807, 2.05) is 32.0 Å². The Hall–Kier alpha value is -1.39. The SMILES string of the molecule is CC(C)C(CO)NC(=O)c1ccccc1CCN. The highest BCUT2D eigenvalue weighted by molar-refractivity contribution is 5.95. The van der Waals surface area contributed by atoms with E-state index >= 15 is 0 Å². The second-order valence-corrected chi connectivity index (χ2v) is 4.70. The zero-order chi connectivity index (χ0) is 13.5. The van der Waals surface area contributed by atoms with Crippen LogP contribution in [0.15, 0.2) is 24.3 Å². The second-order valence-electron chi connectivity index (χ2n) is 4.70. The molecule has 1 unspecified atom stereocenters. The minimum atomic E-state index is -0.219. The monoisotopic (exact) mass is 250 g/mol. The highest BCUT2D eigenvalue weighted by atomic mass is 16.3. The summed E-state index contributed by atoms with van der Waals surface area (Å²) in [4.78, 5) is 12.2. The van der Waals surface area contributed by atoms with Crippen molar-refractivity contribution in [2.45, 2.75) is 26.3 Å². The Labute approximate surface area is 108 Å². The average molecular weight is 250 g/mol. The van der Waals surface area contributed by atoms with Crippen LogP contribution in [0.2, 0.25) is 0 Å². The molecule has 18 heavy (non-hydrogen) atoms. The van der Waals surface area contributed by atoms with Crippen LogP contribution in [0.25, 0.3) is 0 Å². The van der Waals surface area contributed by atoms with Gasteiger partial charge in [0.1, 0.15) is 0 Å². The van der Waals surface area contributed by atoms with Crippen molar-refractivity contribution in [1.82, 2.24) is 5.32 Å². The number of carbonyl (C=O) groups is 1. The number of hydrogen-bond acceptors (Lipinski definition) is 3. The highest BCUT2D eigenvalue weighted by Crippen LogP contribution is 2.10. The average Bonchev–Trinajstić information content (AvgIpc) is 2.36. The molecule has 4 heteroatoms. The number of amides is 1.